The summed E-state index contributed by atoms with van der Waals surface area (Å²) in [6, 6.07) is 4.78. The summed E-state index contributed by atoms with van der Waals surface area (Å²) in [5, 5.41) is 12.9. The van der Waals surface area contributed by atoms with Gasteiger partial charge in [0, 0.05) is 6.42 Å². The third-order valence-electron chi connectivity index (χ3n) is 3.21. The van der Waals surface area contributed by atoms with Gasteiger partial charge in [-0.1, -0.05) is 13.0 Å². The normalized spacial score (nSPS) is 12.8. The van der Waals surface area contributed by atoms with Crippen molar-refractivity contribution >= 4 is 34.1 Å². The molecule has 0 bridgehead atoms. The minimum absolute atomic E-state index is 0. The highest BCUT2D eigenvalue weighted by atomic mass is 35.5. The molecule has 0 aliphatic heterocycles. The first kappa shape index (κ1) is 24.7. The molecule has 26 heavy (non-hydrogen) atoms. The number of halogens is 1. The number of sulfonamides is 1. The molecule has 1 atom stereocenters. The van der Waals surface area contributed by atoms with Gasteiger partial charge in [-0.05, 0) is 51.4 Å². The summed E-state index contributed by atoms with van der Waals surface area (Å²) < 4.78 is 30.9. The molecule has 0 radical (unpaired) electrons. The third-order valence-corrected chi connectivity index (χ3v) is 3.80. The Labute approximate surface area is 162 Å². The number of aliphatic hydroxyl groups is 1. The monoisotopic (exact) mass is 408 g/mol. The Morgan fingerprint density at radius 1 is 1.31 bits per heavy atom. The number of nitrogens with one attached hydrogen (secondary N) is 2. The fourth-order valence-electron chi connectivity index (χ4n) is 1.93. The Kier molecular flexibility index (Phi) is 9.58. The Morgan fingerprint density at radius 2 is 1.92 bits per heavy atom. The van der Waals surface area contributed by atoms with Crippen molar-refractivity contribution in [3.05, 3.63) is 23.8 Å². The molecule has 1 aromatic rings. The van der Waals surface area contributed by atoms with Gasteiger partial charge in [0.1, 0.15) is 6.23 Å². The van der Waals surface area contributed by atoms with Crippen molar-refractivity contribution in [3.63, 3.8) is 0 Å². The summed E-state index contributed by atoms with van der Waals surface area (Å²) in [5.41, 5.74) is 0.152. The van der Waals surface area contributed by atoms with Gasteiger partial charge in [0.2, 0.25) is 10.0 Å². The molecule has 9 heteroatoms. The molecular weight excluding hydrogens is 380 g/mol. The molecule has 0 fully saturated rings. The highest BCUT2D eigenvalue weighted by Gasteiger charge is 2.25. The third kappa shape index (κ3) is 8.84. The second kappa shape index (κ2) is 10.1. The zero-order chi connectivity index (χ0) is 19.3. The SMILES string of the molecule is CCCNC(O)Cc1ccc(OC(=O)C(C)(C)C)c(NS(C)(=O)=O)c1.Cl. The molecule has 0 saturated carbocycles. The summed E-state index contributed by atoms with van der Waals surface area (Å²) >= 11 is 0. The molecule has 0 aliphatic rings. The van der Waals surface area contributed by atoms with Gasteiger partial charge in [-0.2, -0.15) is 0 Å². The number of hydrogen-bond donors (Lipinski definition) is 3. The van der Waals surface area contributed by atoms with E-state index in [0.29, 0.717) is 18.5 Å². The number of hydrogen-bond acceptors (Lipinski definition) is 6. The molecule has 7 nitrogen and oxygen atoms in total. The van der Waals surface area contributed by atoms with Crippen LogP contribution in [0.5, 0.6) is 5.75 Å². The highest BCUT2D eigenvalue weighted by molar-refractivity contribution is 7.92. The number of carbonyl (C=O) groups excluding carboxylic acids is 1. The summed E-state index contributed by atoms with van der Waals surface area (Å²) in [4.78, 5) is 12.1. The molecule has 0 spiro atoms. The predicted octanol–water partition coefficient (Wildman–Crippen LogP) is 2.29. The maximum atomic E-state index is 12.1. The van der Waals surface area contributed by atoms with Gasteiger partial charge in [-0.25, -0.2) is 8.42 Å². The average Bonchev–Trinajstić information content (AvgIpc) is 2.45. The minimum Gasteiger partial charge on any atom is -0.424 e. The summed E-state index contributed by atoms with van der Waals surface area (Å²) in [6.45, 7) is 7.80. The molecule has 0 aromatic heterocycles. The molecule has 0 aliphatic carbocycles. The van der Waals surface area contributed by atoms with E-state index in [2.05, 4.69) is 10.0 Å². The van der Waals surface area contributed by atoms with Crippen LogP contribution in [-0.4, -0.2) is 38.5 Å². The van der Waals surface area contributed by atoms with Gasteiger partial charge in [-0.3, -0.25) is 14.8 Å². The van der Waals surface area contributed by atoms with E-state index in [1.807, 2.05) is 6.92 Å². The lowest BCUT2D eigenvalue weighted by Crippen LogP contribution is -2.31. The van der Waals surface area contributed by atoms with Crippen LogP contribution in [0.1, 0.15) is 39.7 Å². The number of carbonyl (C=O) groups is 1. The second-order valence-electron chi connectivity index (χ2n) is 7.02. The van der Waals surface area contributed by atoms with E-state index < -0.39 is 27.6 Å². The van der Waals surface area contributed by atoms with Gasteiger partial charge in [-0.15, -0.1) is 12.4 Å². The van der Waals surface area contributed by atoms with Crippen LogP contribution in [0.4, 0.5) is 5.69 Å². The summed E-state index contributed by atoms with van der Waals surface area (Å²) in [7, 11) is -3.55. The number of anilines is 1. The van der Waals surface area contributed by atoms with Gasteiger partial charge in [0.15, 0.2) is 5.75 Å². The van der Waals surface area contributed by atoms with Crippen LogP contribution in [0, 0.1) is 5.41 Å². The zero-order valence-corrected chi connectivity index (χ0v) is 17.5. The molecule has 1 rings (SSSR count). The van der Waals surface area contributed by atoms with Gasteiger partial charge < -0.3 is 9.84 Å². The van der Waals surface area contributed by atoms with Gasteiger partial charge in [0.05, 0.1) is 17.4 Å². The lowest BCUT2D eigenvalue weighted by molar-refractivity contribution is -0.142. The summed E-state index contributed by atoms with van der Waals surface area (Å²) in [5.74, 6) is -0.341. The first-order valence-electron chi connectivity index (χ1n) is 8.17. The van der Waals surface area contributed by atoms with E-state index >= 15 is 0 Å². The molecule has 0 heterocycles. The Balaban J connectivity index is 0.00000625. The highest BCUT2D eigenvalue weighted by Crippen LogP contribution is 2.29. The lowest BCUT2D eigenvalue weighted by atomic mass is 9.97. The van der Waals surface area contributed by atoms with Crippen molar-refractivity contribution in [2.45, 2.75) is 46.8 Å². The smallest absolute Gasteiger partial charge is 0.316 e. The molecular formula is C17H29ClN2O5S. The van der Waals surface area contributed by atoms with E-state index in [4.69, 9.17) is 4.74 Å². The topological polar surface area (TPSA) is 105 Å². The largest absolute Gasteiger partial charge is 0.424 e. The maximum absolute atomic E-state index is 12.1. The Hall–Kier alpha value is -1.35. The lowest BCUT2D eigenvalue weighted by Gasteiger charge is -2.19. The number of ether oxygens (including phenoxy) is 1. The van der Waals surface area contributed by atoms with Crippen LogP contribution in [0.2, 0.25) is 0 Å². The van der Waals surface area contributed by atoms with E-state index in [-0.39, 0.29) is 23.8 Å². The quantitative estimate of drug-likeness (QED) is 0.346. The molecule has 1 unspecified atom stereocenters. The van der Waals surface area contributed by atoms with E-state index in [0.717, 1.165) is 12.7 Å². The maximum Gasteiger partial charge on any atom is 0.316 e. The van der Waals surface area contributed by atoms with Crippen LogP contribution in [0.15, 0.2) is 18.2 Å². The van der Waals surface area contributed by atoms with Crippen molar-refractivity contribution in [3.8, 4) is 5.75 Å². The molecule has 1 aromatic carbocycles. The van der Waals surface area contributed by atoms with Crippen molar-refractivity contribution in [1.29, 1.82) is 0 Å². The first-order chi connectivity index (χ1) is 11.4. The Bertz CT molecular complexity index is 702. The number of benzene rings is 1. The van der Waals surface area contributed by atoms with E-state index in [9.17, 15) is 18.3 Å². The van der Waals surface area contributed by atoms with Gasteiger partial charge in [0.25, 0.3) is 0 Å². The van der Waals surface area contributed by atoms with Crippen molar-refractivity contribution in [2.24, 2.45) is 5.41 Å². The minimum atomic E-state index is -3.55. The van der Waals surface area contributed by atoms with Crippen molar-refractivity contribution in [2.75, 3.05) is 17.5 Å². The van der Waals surface area contributed by atoms with Crippen LogP contribution in [0.25, 0.3) is 0 Å². The predicted molar refractivity (Wildman–Crippen MR) is 105 cm³/mol. The fourth-order valence-corrected chi connectivity index (χ4v) is 2.49. The van der Waals surface area contributed by atoms with Crippen LogP contribution in [-0.2, 0) is 21.2 Å². The number of aliphatic hydroxyl groups excluding tert-OH is 1. The second-order valence-corrected chi connectivity index (χ2v) is 8.77. The summed E-state index contributed by atoms with van der Waals surface area (Å²) in [6.07, 6.45) is 1.46. The van der Waals surface area contributed by atoms with Crippen LogP contribution < -0.4 is 14.8 Å². The molecule has 0 amide bonds. The number of esters is 1. The van der Waals surface area contributed by atoms with Crippen molar-refractivity contribution in [1.82, 2.24) is 5.32 Å². The fraction of sp³-hybridized carbons (Fsp3) is 0.588. The molecule has 3 N–H and O–H groups in total. The van der Waals surface area contributed by atoms with Gasteiger partial charge >= 0.3 is 5.97 Å². The number of rotatable bonds is 8. The zero-order valence-electron chi connectivity index (χ0n) is 15.8. The molecule has 150 valence electrons. The van der Waals surface area contributed by atoms with Crippen LogP contribution >= 0.6 is 12.4 Å². The molecule has 0 saturated heterocycles. The average molecular weight is 409 g/mol. The van der Waals surface area contributed by atoms with Crippen LogP contribution in [0.3, 0.4) is 0 Å². The van der Waals surface area contributed by atoms with E-state index in [1.54, 1.807) is 32.9 Å². The Morgan fingerprint density at radius 3 is 2.42 bits per heavy atom. The van der Waals surface area contributed by atoms with E-state index in [1.165, 1.54) is 6.07 Å². The van der Waals surface area contributed by atoms with Crippen molar-refractivity contribution < 1.29 is 23.1 Å². The standard InChI is InChI=1S/C17H28N2O5S.ClH/c1-6-9-18-15(20)11-12-7-8-14(24-16(21)17(2,3)4)13(10-12)19-25(5,22)23;/h7-8,10,15,18-20H,6,9,11H2,1-5H3;1H. The first-order valence-corrected chi connectivity index (χ1v) is 10.1.